The topological polar surface area (TPSA) is 63.6 Å². The van der Waals surface area contributed by atoms with Crippen LogP contribution in [0.4, 0.5) is 0 Å². The lowest BCUT2D eigenvalue weighted by Gasteiger charge is -2.13. The molecule has 0 unspecified atom stereocenters. The molecule has 104 valence electrons. The molecule has 0 radical (unpaired) electrons. The van der Waals surface area contributed by atoms with E-state index in [2.05, 4.69) is 6.58 Å². The van der Waals surface area contributed by atoms with Gasteiger partial charge in [0, 0.05) is 12.0 Å². The molecule has 1 saturated heterocycles. The molecule has 0 spiro atoms. The molecule has 0 aromatic rings. The van der Waals surface area contributed by atoms with Crippen molar-refractivity contribution in [1.29, 1.82) is 0 Å². The second-order valence-electron chi connectivity index (χ2n) is 5.10. The van der Waals surface area contributed by atoms with Gasteiger partial charge in [-0.2, -0.15) is 0 Å². The van der Waals surface area contributed by atoms with Gasteiger partial charge >= 0.3 is 5.97 Å². The number of carbonyl (C=O) groups excluding carboxylic acids is 2. The van der Waals surface area contributed by atoms with E-state index in [1.54, 1.807) is 19.1 Å². The van der Waals surface area contributed by atoms with Gasteiger partial charge in [0.2, 0.25) is 0 Å². The number of aliphatic hydroxyl groups excluding tert-OH is 1. The maximum Gasteiger partial charge on any atom is 0.333 e. The zero-order chi connectivity index (χ0) is 14.6. The van der Waals surface area contributed by atoms with Crippen LogP contribution >= 0.6 is 0 Å². The van der Waals surface area contributed by atoms with Crippen LogP contribution < -0.4 is 0 Å². The number of allylic oxidation sites excluding steroid dienone is 3. The van der Waals surface area contributed by atoms with Crippen molar-refractivity contribution < 1.29 is 19.4 Å². The molecule has 4 nitrogen and oxygen atoms in total. The fraction of sp³-hybridized carbons (Fsp3) is 0.467. The Bertz CT molecular complexity index is 453. The molecule has 19 heavy (non-hydrogen) atoms. The van der Waals surface area contributed by atoms with E-state index in [1.165, 1.54) is 0 Å². The van der Waals surface area contributed by atoms with E-state index in [4.69, 9.17) is 4.74 Å². The highest BCUT2D eigenvalue weighted by Crippen LogP contribution is 2.24. The van der Waals surface area contributed by atoms with Crippen molar-refractivity contribution in [2.24, 2.45) is 5.92 Å². The number of cyclic esters (lactones) is 1. The number of esters is 1. The lowest BCUT2D eigenvalue weighted by atomic mass is 9.95. The van der Waals surface area contributed by atoms with Gasteiger partial charge < -0.3 is 9.84 Å². The Morgan fingerprint density at radius 3 is 2.63 bits per heavy atom. The first kappa shape index (κ1) is 15.4. The predicted molar refractivity (Wildman–Crippen MR) is 72.4 cm³/mol. The van der Waals surface area contributed by atoms with E-state index in [0.717, 1.165) is 11.1 Å². The Morgan fingerprint density at radius 2 is 2.16 bits per heavy atom. The minimum Gasteiger partial charge on any atom is -0.462 e. The van der Waals surface area contributed by atoms with Gasteiger partial charge in [0.25, 0.3) is 0 Å². The van der Waals surface area contributed by atoms with Crippen LogP contribution in [-0.2, 0) is 14.3 Å². The molecule has 1 fully saturated rings. The molecule has 0 bridgehead atoms. The maximum absolute atomic E-state index is 11.6. The number of ether oxygens (including phenoxy) is 1. The third kappa shape index (κ3) is 4.48. The van der Waals surface area contributed by atoms with Crippen LogP contribution in [0.1, 0.15) is 27.2 Å². The van der Waals surface area contributed by atoms with Gasteiger partial charge in [-0.15, -0.1) is 0 Å². The van der Waals surface area contributed by atoms with Gasteiger partial charge in [-0.25, -0.2) is 4.79 Å². The van der Waals surface area contributed by atoms with Crippen molar-refractivity contribution in [2.75, 3.05) is 6.61 Å². The van der Waals surface area contributed by atoms with Crippen molar-refractivity contribution in [2.45, 2.75) is 33.3 Å². The monoisotopic (exact) mass is 264 g/mol. The first-order chi connectivity index (χ1) is 8.81. The number of carbonyl (C=O) groups is 2. The highest BCUT2D eigenvalue weighted by molar-refractivity contribution is 5.92. The van der Waals surface area contributed by atoms with Crippen molar-refractivity contribution in [3.8, 4) is 0 Å². The SMILES string of the molecule is C=C1C(=O)OC[C@H]1[C@H](O)/C=C(\C)CC(=O)C=C(C)C. The van der Waals surface area contributed by atoms with Gasteiger partial charge in [0.15, 0.2) is 5.78 Å². The fourth-order valence-electron chi connectivity index (χ4n) is 1.93. The van der Waals surface area contributed by atoms with Crippen LogP contribution in [0.25, 0.3) is 0 Å². The Hall–Kier alpha value is -1.68. The van der Waals surface area contributed by atoms with E-state index < -0.39 is 18.0 Å². The molecule has 0 amide bonds. The smallest absolute Gasteiger partial charge is 0.333 e. The molecule has 0 aromatic heterocycles. The molecule has 0 aromatic carbocycles. The first-order valence-corrected chi connectivity index (χ1v) is 6.20. The first-order valence-electron chi connectivity index (χ1n) is 6.20. The summed E-state index contributed by atoms with van der Waals surface area (Å²) in [6.07, 6.45) is 2.58. The third-order valence-electron chi connectivity index (χ3n) is 2.87. The number of hydrogen-bond acceptors (Lipinski definition) is 4. The fourth-order valence-corrected chi connectivity index (χ4v) is 1.93. The van der Waals surface area contributed by atoms with Crippen molar-refractivity contribution in [1.82, 2.24) is 0 Å². The highest BCUT2D eigenvalue weighted by Gasteiger charge is 2.33. The summed E-state index contributed by atoms with van der Waals surface area (Å²) >= 11 is 0. The quantitative estimate of drug-likeness (QED) is 0.468. The van der Waals surface area contributed by atoms with Crippen molar-refractivity contribution in [3.05, 3.63) is 35.5 Å². The second-order valence-corrected chi connectivity index (χ2v) is 5.10. The standard InChI is InChI=1S/C15H20O4/c1-9(2)5-12(16)6-10(3)7-14(17)13-8-19-15(18)11(13)4/h5,7,13-14,17H,4,6,8H2,1-3H3/b10-7+/t13-,14-/m1/s1. The van der Waals surface area contributed by atoms with Gasteiger partial charge in [-0.3, -0.25) is 4.79 Å². The minimum absolute atomic E-state index is 0.00137. The average Bonchev–Trinajstić information content (AvgIpc) is 2.57. The molecule has 1 aliphatic heterocycles. The molecule has 1 heterocycles. The normalized spacial score (nSPS) is 21.1. The summed E-state index contributed by atoms with van der Waals surface area (Å²) < 4.78 is 4.81. The van der Waals surface area contributed by atoms with E-state index in [0.29, 0.717) is 0 Å². The summed E-state index contributed by atoms with van der Waals surface area (Å²) in [5.41, 5.74) is 2.00. The van der Waals surface area contributed by atoms with E-state index in [9.17, 15) is 14.7 Å². The molecule has 0 aliphatic carbocycles. The summed E-state index contributed by atoms with van der Waals surface area (Å²) in [6, 6.07) is 0. The van der Waals surface area contributed by atoms with Crippen LogP contribution in [0, 0.1) is 5.92 Å². The number of rotatable bonds is 5. The molecular formula is C15H20O4. The van der Waals surface area contributed by atoms with Gasteiger partial charge in [0.1, 0.15) is 6.61 Å². The highest BCUT2D eigenvalue weighted by atomic mass is 16.5. The molecule has 1 N–H and O–H groups in total. The Morgan fingerprint density at radius 1 is 1.53 bits per heavy atom. The minimum atomic E-state index is -0.849. The third-order valence-corrected chi connectivity index (χ3v) is 2.87. The van der Waals surface area contributed by atoms with Crippen molar-refractivity contribution >= 4 is 11.8 Å². The number of hydrogen-bond donors (Lipinski definition) is 1. The molecule has 2 atom stereocenters. The molecular weight excluding hydrogens is 244 g/mol. The predicted octanol–water partition coefficient (Wildman–Crippen LogP) is 1.95. The molecule has 1 rings (SSSR count). The zero-order valence-corrected chi connectivity index (χ0v) is 11.6. The van der Waals surface area contributed by atoms with Crippen molar-refractivity contribution in [3.63, 3.8) is 0 Å². The van der Waals surface area contributed by atoms with Crippen LogP contribution in [0.2, 0.25) is 0 Å². The van der Waals surface area contributed by atoms with E-state index in [1.807, 2.05) is 13.8 Å². The maximum atomic E-state index is 11.6. The summed E-state index contributed by atoms with van der Waals surface area (Å²) in [4.78, 5) is 22.7. The summed E-state index contributed by atoms with van der Waals surface area (Å²) in [7, 11) is 0. The number of aliphatic hydroxyl groups is 1. The second kappa shape index (κ2) is 6.48. The summed E-state index contributed by atoms with van der Waals surface area (Å²) in [6.45, 7) is 9.24. The zero-order valence-electron chi connectivity index (χ0n) is 11.6. The summed E-state index contributed by atoms with van der Waals surface area (Å²) in [5, 5.41) is 10.0. The molecule has 4 heteroatoms. The van der Waals surface area contributed by atoms with Crippen LogP contribution in [-0.4, -0.2) is 29.6 Å². The Labute approximate surface area is 113 Å². The molecule has 0 saturated carbocycles. The summed E-state index contributed by atoms with van der Waals surface area (Å²) in [5.74, 6) is -0.879. The average molecular weight is 264 g/mol. The largest absolute Gasteiger partial charge is 0.462 e. The Kier molecular flexibility index (Phi) is 5.24. The molecule has 1 aliphatic rings. The van der Waals surface area contributed by atoms with E-state index in [-0.39, 0.29) is 24.4 Å². The Balaban J connectivity index is 2.64. The van der Waals surface area contributed by atoms with Crippen LogP contribution in [0.5, 0.6) is 0 Å². The van der Waals surface area contributed by atoms with E-state index >= 15 is 0 Å². The van der Waals surface area contributed by atoms with Gasteiger partial charge in [0.05, 0.1) is 12.0 Å². The van der Waals surface area contributed by atoms with Crippen LogP contribution in [0.15, 0.2) is 35.5 Å². The van der Waals surface area contributed by atoms with Crippen LogP contribution in [0.3, 0.4) is 0 Å². The van der Waals surface area contributed by atoms with Gasteiger partial charge in [-0.1, -0.05) is 23.8 Å². The lowest BCUT2D eigenvalue weighted by Crippen LogP contribution is -2.20. The van der Waals surface area contributed by atoms with Gasteiger partial charge in [-0.05, 0) is 26.8 Å². The lowest BCUT2D eigenvalue weighted by molar-refractivity contribution is -0.135. The number of ketones is 1.